The van der Waals surface area contributed by atoms with Crippen LogP contribution in [0.15, 0.2) is 24.3 Å². The fourth-order valence-corrected chi connectivity index (χ4v) is 4.51. The van der Waals surface area contributed by atoms with Crippen molar-refractivity contribution in [2.24, 2.45) is 17.2 Å². The van der Waals surface area contributed by atoms with Crippen molar-refractivity contribution in [2.75, 3.05) is 19.6 Å². The molecule has 246 valence electrons. The van der Waals surface area contributed by atoms with Gasteiger partial charge in [-0.25, -0.2) is 0 Å². The highest BCUT2D eigenvalue weighted by Gasteiger charge is 2.39. The van der Waals surface area contributed by atoms with Crippen LogP contribution in [0.2, 0.25) is 0 Å². The number of nitrogens with zero attached hydrogens (tertiary/aromatic N) is 1. The molecular formula is C27H38N8O10. The number of carboxylic acid groups (broad SMARTS) is 1. The minimum Gasteiger partial charge on any atom is -0.508 e. The van der Waals surface area contributed by atoms with Gasteiger partial charge in [0.05, 0.1) is 19.0 Å². The number of likely N-dealkylation sites (tertiary alicyclic amines) is 1. The number of primary amides is 2. The molecule has 1 aliphatic rings. The van der Waals surface area contributed by atoms with E-state index in [0.29, 0.717) is 12.0 Å². The SMILES string of the molecule is NC(=O)CC[C@H](NC(=O)[C@@H]1CCCN1C(=O)[C@H](CC(N)=O)NC(=O)[C@@H](N)Cc1ccc(O)cc1)C(=O)NCC(=O)NCC(=O)O. The lowest BCUT2D eigenvalue weighted by Gasteiger charge is -2.30. The zero-order valence-electron chi connectivity index (χ0n) is 24.3. The molecule has 18 heteroatoms. The first-order valence-corrected chi connectivity index (χ1v) is 14.0. The fraction of sp³-hybridized carbons (Fsp3) is 0.481. The van der Waals surface area contributed by atoms with Crippen LogP contribution in [-0.2, 0) is 44.8 Å². The van der Waals surface area contributed by atoms with Gasteiger partial charge in [0.1, 0.15) is 30.4 Å². The first-order valence-electron chi connectivity index (χ1n) is 14.0. The molecular weight excluding hydrogens is 596 g/mol. The predicted octanol–water partition coefficient (Wildman–Crippen LogP) is -4.32. The summed E-state index contributed by atoms with van der Waals surface area (Å²) in [5, 5.41) is 27.2. The van der Waals surface area contributed by atoms with Gasteiger partial charge in [0.2, 0.25) is 41.4 Å². The Bertz CT molecular complexity index is 1290. The lowest BCUT2D eigenvalue weighted by Crippen LogP contribution is -2.58. The average molecular weight is 635 g/mol. The quantitative estimate of drug-likeness (QED) is 0.0789. The molecule has 0 aliphatic carbocycles. The van der Waals surface area contributed by atoms with Crippen LogP contribution in [0.3, 0.4) is 0 Å². The number of carbonyl (C=O) groups excluding carboxylic acids is 7. The molecule has 2 rings (SSSR count). The molecule has 18 nitrogen and oxygen atoms in total. The minimum atomic E-state index is -1.45. The molecule has 1 fully saturated rings. The molecule has 1 aromatic carbocycles. The van der Waals surface area contributed by atoms with Gasteiger partial charge < -0.3 is 53.6 Å². The van der Waals surface area contributed by atoms with Crippen molar-refractivity contribution in [1.29, 1.82) is 0 Å². The summed E-state index contributed by atoms with van der Waals surface area (Å²) in [7, 11) is 0. The van der Waals surface area contributed by atoms with Crippen LogP contribution in [0.25, 0.3) is 0 Å². The summed E-state index contributed by atoms with van der Waals surface area (Å²) < 4.78 is 0. The molecule has 4 atom stereocenters. The molecule has 1 aromatic rings. The Morgan fingerprint density at radius 2 is 1.56 bits per heavy atom. The second kappa shape index (κ2) is 17.1. The summed E-state index contributed by atoms with van der Waals surface area (Å²) in [5.41, 5.74) is 17.1. The monoisotopic (exact) mass is 634 g/mol. The van der Waals surface area contributed by atoms with Crippen molar-refractivity contribution in [1.82, 2.24) is 26.2 Å². The van der Waals surface area contributed by atoms with E-state index in [1.165, 1.54) is 12.1 Å². The summed E-state index contributed by atoms with van der Waals surface area (Å²) in [4.78, 5) is 99.0. The predicted molar refractivity (Wildman–Crippen MR) is 154 cm³/mol. The van der Waals surface area contributed by atoms with E-state index in [0.717, 1.165) is 4.90 Å². The second-order valence-electron chi connectivity index (χ2n) is 10.4. The zero-order valence-corrected chi connectivity index (χ0v) is 24.3. The maximum Gasteiger partial charge on any atom is 0.322 e. The third kappa shape index (κ3) is 12.1. The number of carbonyl (C=O) groups is 8. The number of aliphatic carboxylic acids is 1. The van der Waals surface area contributed by atoms with Gasteiger partial charge in [-0.3, -0.25) is 38.4 Å². The number of hydrogen-bond acceptors (Lipinski definition) is 10. The van der Waals surface area contributed by atoms with Gasteiger partial charge in [-0.05, 0) is 43.4 Å². The number of nitrogens with one attached hydrogen (secondary N) is 4. The van der Waals surface area contributed by atoms with Gasteiger partial charge in [-0.15, -0.1) is 0 Å². The summed E-state index contributed by atoms with van der Waals surface area (Å²) in [5.74, 6) is -6.97. The molecule has 0 aromatic heterocycles. The lowest BCUT2D eigenvalue weighted by molar-refractivity contribution is -0.143. The number of phenols is 1. The van der Waals surface area contributed by atoms with Crippen LogP contribution in [-0.4, -0.2) is 106 Å². The summed E-state index contributed by atoms with van der Waals surface area (Å²) >= 11 is 0. The van der Waals surface area contributed by atoms with Crippen LogP contribution in [0.5, 0.6) is 5.75 Å². The van der Waals surface area contributed by atoms with E-state index in [4.69, 9.17) is 22.3 Å². The van der Waals surface area contributed by atoms with Gasteiger partial charge >= 0.3 is 5.97 Å². The van der Waals surface area contributed by atoms with Crippen LogP contribution >= 0.6 is 0 Å². The molecule has 12 N–H and O–H groups in total. The summed E-state index contributed by atoms with van der Waals surface area (Å²) in [6.07, 6.45) is -0.568. The van der Waals surface area contributed by atoms with Crippen molar-refractivity contribution in [3.8, 4) is 5.75 Å². The Labute approximate surface area is 257 Å². The summed E-state index contributed by atoms with van der Waals surface area (Å²) in [6.45, 7) is -1.22. The van der Waals surface area contributed by atoms with Crippen LogP contribution in [0.4, 0.5) is 0 Å². The second-order valence-corrected chi connectivity index (χ2v) is 10.4. The number of amides is 7. The smallest absolute Gasteiger partial charge is 0.322 e. The molecule has 45 heavy (non-hydrogen) atoms. The highest BCUT2D eigenvalue weighted by Crippen LogP contribution is 2.20. The van der Waals surface area contributed by atoms with Gasteiger partial charge in [0.25, 0.3) is 0 Å². The van der Waals surface area contributed by atoms with Crippen molar-refractivity contribution < 1.29 is 48.6 Å². The number of hydrogen-bond donors (Lipinski definition) is 9. The van der Waals surface area contributed by atoms with Crippen LogP contribution in [0.1, 0.15) is 37.7 Å². The molecule has 0 bridgehead atoms. The largest absolute Gasteiger partial charge is 0.508 e. The molecule has 0 saturated carbocycles. The molecule has 0 radical (unpaired) electrons. The van der Waals surface area contributed by atoms with Crippen molar-refractivity contribution in [3.63, 3.8) is 0 Å². The van der Waals surface area contributed by atoms with Crippen molar-refractivity contribution in [2.45, 2.75) is 62.7 Å². The van der Waals surface area contributed by atoms with Gasteiger partial charge in [-0.1, -0.05) is 12.1 Å². The van der Waals surface area contributed by atoms with E-state index in [1.54, 1.807) is 12.1 Å². The number of rotatable bonds is 17. The normalized spacial score (nSPS) is 16.0. The maximum atomic E-state index is 13.5. The number of carboxylic acids is 1. The van der Waals surface area contributed by atoms with E-state index in [2.05, 4.69) is 21.3 Å². The van der Waals surface area contributed by atoms with Crippen molar-refractivity contribution in [3.05, 3.63) is 29.8 Å². The zero-order chi connectivity index (χ0) is 33.7. The number of phenolic OH excluding ortho intramolecular Hbond substituents is 1. The number of nitrogens with two attached hydrogens (primary N) is 3. The Kier molecular flexibility index (Phi) is 13.7. The van der Waals surface area contributed by atoms with Crippen LogP contribution < -0.4 is 38.5 Å². The molecule has 0 unspecified atom stereocenters. The first kappa shape index (κ1) is 35.9. The molecule has 0 spiro atoms. The first-order chi connectivity index (χ1) is 21.2. The minimum absolute atomic E-state index is 0.0216. The standard InChI is InChI=1S/C27H38N8O10/c28-16(10-14-3-5-15(36)6-4-14)24(42)34-18(11-21(30)38)27(45)35-9-1-2-19(35)26(44)33-17(7-8-20(29)37)25(43)32-12-22(39)31-13-23(40)41/h3-6,16-19,36H,1-2,7-13,28H2,(H2,29,37)(H2,30,38)(H,31,39)(H,32,43)(H,33,44)(H,34,42)(H,40,41)/t16-,17-,18-,19-/m0/s1. The highest BCUT2D eigenvalue weighted by molar-refractivity contribution is 5.97. The number of benzene rings is 1. The highest BCUT2D eigenvalue weighted by atomic mass is 16.4. The van der Waals surface area contributed by atoms with E-state index in [-0.39, 0.29) is 38.0 Å². The Morgan fingerprint density at radius 1 is 0.889 bits per heavy atom. The molecule has 1 saturated heterocycles. The average Bonchev–Trinajstić information content (AvgIpc) is 3.47. The Balaban J connectivity index is 2.11. The number of aromatic hydroxyl groups is 1. The van der Waals surface area contributed by atoms with E-state index in [9.17, 15) is 43.5 Å². The third-order valence-electron chi connectivity index (χ3n) is 6.76. The Morgan fingerprint density at radius 3 is 2.16 bits per heavy atom. The van der Waals surface area contributed by atoms with Gasteiger partial charge in [0, 0.05) is 13.0 Å². The van der Waals surface area contributed by atoms with Gasteiger partial charge in [-0.2, -0.15) is 0 Å². The fourth-order valence-electron chi connectivity index (χ4n) is 4.51. The Hall–Kier alpha value is -5.26. The van der Waals surface area contributed by atoms with E-state index >= 15 is 0 Å². The van der Waals surface area contributed by atoms with E-state index < -0.39 is 91.0 Å². The summed E-state index contributed by atoms with van der Waals surface area (Å²) in [6, 6.07) is 0.893. The van der Waals surface area contributed by atoms with Crippen LogP contribution in [0, 0.1) is 0 Å². The van der Waals surface area contributed by atoms with Crippen molar-refractivity contribution >= 4 is 47.3 Å². The van der Waals surface area contributed by atoms with E-state index in [1.807, 2.05) is 0 Å². The third-order valence-corrected chi connectivity index (χ3v) is 6.76. The van der Waals surface area contributed by atoms with Gasteiger partial charge in [0.15, 0.2) is 0 Å². The maximum absolute atomic E-state index is 13.5. The molecule has 1 heterocycles. The topological polar surface area (TPSA) is 306 Å². The molecule has 1 aliphatic heterocycles. The molecule has 7 amide bonds. The lowest BCUT2D eigenvalue weighted by atomic mass is 10.0.